The fourth-order valence-electron chi connectivity index (χ4n) is 2.65. The van der Waals surface area contributed by atoms with Gasteiger partial charge < -0.3 is 10.2 Å². The number of nitrogens with zero attached hydrogens (tertiary/aromatic N) is 3. The Morgan fingerprint density at radius 3 is 2.69 bits per heavy atom. The predicted molar refractivity (Wildman–Crippen MR) is 105 cm³/mol. The Morgan fingerprint density at radius 2 is 2.00 bits per heavy atom. The van der Waals surface area contributed by atoms with Crippen molar-refractivity contribution in [2.75, 3.05) is 18.9 Å². The first-order valence-electron chi connectivity index (χ1n) is 8.43. The zero-order valence-corrected chi connectivity index (χ0v) is 15.4. The van der Waals surface area contributed by atoms with Crippen molar-refractivity contribution in [1.29, 1.82) is 0 Å². The highest BCUT2D eigenvalue weighted by Crippen LogP contribution is 2.15. The number of rotatable bonds is 7. The van der Waals surface area contributed by atoms with E-state index >= 15 is 0 Å². The highest BCUT2D eigenvalue weighted by molar-refractivity contribution is 6.30. The van der Waals surface area contributed by atoms with Crippen molar-refractivity contribution in [3.63, 3.8) is 0 Å². The number of halogens is 1. The van der Waals surface area contributed by atoms with Gasteiger partial charge in [-0.1, -0.05) is 29.8 Å². The van der Waals surface area contributed by atoms with Gasteiger partial charge in [0.25, 0.3) is 0 Å². The van der Waals surface area contributed by atoms with Crippen LogP contribution in [0.4, 0.5) is 5.69 Å². The van der Waals surface area contributed by atoms with E-state index in [-0.39, 0.29) is 5.91 Å². The van der Waals surface area contributed by atoms with Crippen molar-refractivity contribution in [3.8, 4) is 5.69 Å². The second kappa shape index (κ2) is 8.65. The SMILES string of the molecule is CN(CCC(=O)Nc1cccc(Cl)c1)Cc1ccc(-n2cccn2)cc1. The summed E-state index contributed by atoms with van der Waals surface area (Å²) >= 11 is 5.92. The molecule has 3 rings (SSSR count). The van der Waals surface area contributed by atoms with Crippen LogP contribution in [0, 0.1) is 0 Å². The Bertz CT molecular complexity index is 847. The Balaban J connectivity index is 1.46. The molecular formula is C20H21ClN4O. The number of anilines is 1. The molecule has 0 fully saturated rings. The molecule has 0 spiro atoms. The third-order valence-corrected chi connectivity index (χ3v) is 4.22. The van der Waals surface area contributed by atoms with Crippen LogP contribution in [0.1, 0.15) is 12.0 Å². The lowest BCUT2D eigenvalue weighted by Crippen LogP contribution is -2.24. The monoisotopic (exact) mass is 368 g/mol. The van der Waals surface area contributed by atoms with Crippen LogP contribution in [-0.2, 0) is 11.3 Å². The summed E-state index contributed by atoms with van der Waals surface area (Å²) in [6, 6.07) is 17.3. The topological polar surface area (TPSA) is 50.2 Å². The molecule has 0 bridgehead atoms. The summed E-state index contributed by atoms with van der Waals surface area (Å²) in [5.74, 6) is -0.0202. The molecule has 1 aromatic heterocycles. The molecule has 0 radical (unpaired) electrons. The van der Waals surface area contributed by atoms with E-state index in [0.29, 0.717) is 18.0 Å². The smallest absolute Gasteiger partial charge is 0.225 e. The molecular weight excluding hydrogens is 348 g/mol. The summed E-state index contributed by atoms with van der Waals surface area (Å²) in [6.45, 7) is 1.46. The number of amides is 1. The Kier molecular flexibility index (Phi) is 6.04. The van der Waals surface area contributed by atoms with Gasteiger partial charge in [-0.05, 0) is 49.0 Å². The molecule has 0 aliphatic heterocycles. The van der Waals surface area contributed by atoms with Gasteiger partial charge in [-0.25, -0.2) is 4.68 Å². The van der Waals surface area contributed by atoms with Gasteiger partial charge in [-0.3, -0.25) is 4.79 Å². The van der Waals surface area contributed by atoms with Crippen LogP contribution in [0.15, 0.2) is 67.0 Å². The molecule has 1 amide bonds. The number of carbonyl (C=O) groups is 1. The van der Waals surface area contributed by atoms with E-state index in [4.69, 9.17) is 11.6 Å². The van der Waals surface area contributed by atoms with Gasteiger partial charge in [-0.15, -0.1) is 0 Å². The first-order chi connectivity index (χ1) is 12.6. The lowest BCUT2D eigenvalue weighted by Gasteiger charge is -2.17. The lowest BCUT2D eigenvalue weighted by atomic mass is 10.2. The number of carbonyl (C=O) groups excluding carboxylic acids is 1. The largest absolute Gasteiger partial charge is 0.326 e. The van der Waals surface area contributed by atoms with E-state index in [1.54, 1.807) is 18.3 Å². The Hall–Kier alpha value is -2.63. The van der Waals surface area contributed by atoms with Crippen molar-refractivity contribution in [1.82, 2.24) is 14.7 Å². The Morgan fingerprint density at radius 1 is 1.19 bits per heavy atom. The molecule has 5 nitrogen and oxygen atoms in total. The highest BCUT2D eigenvalue weighted by Gasteiger charge is 2.07. The predicted octanol–water partition coefficient (Wildman–Crippen LogP) is 3.99. The van der Waals surface area contributed by atoms with E-state index in [1.165, 1.54) is 5.56 Å². The third-order valence-electron chi connectivity index (χ3n) is 3.99. The van der Waals surface area contributed by atoms with Crippen LogP contribution in [-0.4, -0.2) is 34.2 Å². The first-order valence-corrected chi connectivity index (χ1v) is 8.81. The van der Waals surface area contributed by atoms with Gasteiger partial charge in [0, 0.05) is 42.6 Å². The lowest BCUT2D eigenvalue weighted by molar-refractivity contribution is -0.116. The maximum atomic E-state index is 12.1. The molecule has 0 aliphatic rings. The Labute approximate surface area is 158 Å². The average Bonchev–Trinajstić information content (AvgIpc) is 3.15. The van der Waals surface area contributed by atoms with Crippen LogP contribution in [0.3, 0.4) is 0 Å². The fourth-order valence-corrected chi connectivity index (χ4v) is 2.84. The van der Waals surface area contributed by atoms with Crippen molar-refractivity contribution in [2.24, 2.45) is 0 Å². The molecule has 0 unspecified atom stereocenters. The second-order valence-electron chi connectivity index (χ2n) is 6.16. The summed E-state index contributed by atoms with van der Waals surface area (Å²) in [4.78, 5) is 14.2. The van der Waals surface area contributed by atoms with E-state index < -0.39 is 0 Å². The maximum Gasteiger partial charge on any atom is 0.225 e. The van der Waals surface area contributed by atoms with Crippen molar-refractivity contribution in [3.05, 3.63) is 77.6 Å². The number of nitrogens with one attached hydrogen (secondary N) is 1. The van der Waals surface area contributed by atoms with Gasteiger partial charge in [0.1, 0.15) is 0 Å². The number of hydrogen-bond acceptors (Lipinski definition) is 3. The van der Waals surface area contributed by atoms with Crippen molar-refractivity contribution < 1.29 is 4.79 Å². The molecule has 3 aromatic rings. The summed E-state index contributed by atoms with van der Waals surface area (Å²) < 4.78 is 1.83. The molecule has 0 saturated heterocycles. The van der Waals surface area contributed by atoms with E-state index in [0.717, 1.165) is 17.9 Å². The van der Waals surface area contributed by atoms with Crippen LogP contribution in [0.5, 0.6) is 0 Å². The minimum atomic E-state index is -0.0202. The van der Waals surface area contributed by atoms with Crippen LogP contribution in [0.2, 0.25) is 5.02 Å². The van der Waals surface area contributed by atoms with Gasteiger partial charge in [0.05, 0.1) is 5.69 Å². The normalized spacial score (nSPS) is 10.9. The molecule has 0 saturated carbocycles. The van der Waals surface area contributed by atoms with E-state index in [9.17, 15) is 4.79 Å². The molecule has 6 heteroatoms. The van der Waals surface area contributed by atoms with Crippen LogP contribution >= 0.6 is 11.6 Å². The minimum absolute atomic E-state index is 0.0202. The van der Waals surface area contributed by atoms with Crippen molar-refractivity contribution in [2.45, 2.75) is 13.0 Å². The van der Waals surface area contributed by atoms with Crippen LogP contribution in [0.25, 0.3) is 5.69 Å². The molecule has 0 atom stereocenters. The van der Waals surface area contributed by atoms with E-state index in [2.05, 4.69) is 27.4 Å². The molecule has 134 valence electrons. The molecule has 1 N–H and O–H groups in total. The summed E-state index contributed by atoms with van der Waals surface area (Å²) in [5.41, 5.74) is 2.94. The van der Waals surface area contributed by atoms with Crippen LogP contribution < -0.4 is 5.32 Å². The summed E-state index contributed by atoms with van der Waals surface area (Å²) in [6.07, 6.45) is 4.10. The van der Waals surface area contributed by atoms with Gasteiger partial charge in [0.2, 0.25) is 5.91 Å². The highest BCUT2D eigenvalue weighted by atomic mass is 35.5. The average molecular weight is 369 g/mol. The second-order valence-corrected chi connectivity index (χ2v) is 6.60. The zero-order valence-electron chi connectivity index (χ0n) is 14.6. The molecule has 26 heavy (non-hydrogen) atoms. The number of benzene rings is 2. The number of aromatic nitrogens is 2. The minimum Gasteiger partial charge on any atom is -0.326 e. The molecule has 0 aliphatic carbocycles. The number of hydrogen-bond donors (Lipinski definition) is 1. The third kappa shape index (κ3) is 5.18. The maximum absolute atomic E-state index is 12.1. The fraction of sp³-hybridized carbons (Fsp3) is 0.200. The summed E-state index contributed by atoms with van der Waals surface area (Å²) in [5, 5.41) is 7.69. The molecule has 1 heterocycles. The zero-order chi connectivity index (χ0) is 18.4. The van der Waals surface area contributed by atoms with E-state index in [1.807, 2.05) is 48.3 Å². The van der Waals surface area contributed by atoms with Gasteiger partial charge in [0.15, 0.2) is 0 Å². The van der Waals surface area contributed by atoms with Crippen molar-refractivity contribution >= 4 is 23.2 Å². The van der Waals surface area contributed by atoms with Gasteiger partial charge in [-0.2, -0.15) is 5.10 Å². The standard InChI is InChI=1S/C20H21ClN4O/c1-24(13-10-20(26)23-18-5-2-4-17(21)14-18)15-16-6-8-19(9-7-16)25-12-3-11-22-25/h2-9,11-12,14H,10,13,15H2,1H3,(H,23,26). The van der Waals surface area contributed by atoms with Gasteiger partial charge >= 0.3 is 0 Å². The first kappa shape index (κ1) is 18.2. The quantitative estimate of drug-likeness (QED) is 0.686. The molecule has 2 aromatic carbocycles. The summed E-state index contributed by atoms with van der Waals surface area (Å²) in [7, 11) is 2.01.